The number of anilines is 1. The molecule has 5 unspecified atom stereocenters. The molecule has 1 heterocycles. The molecule has 4 N–H and O–H groups in total. The highest BCUT2D eigenvalue weighted by molar-refractivity contribution is 7.15. The van der Waals surface area contributed by atoms with Crippen molar-refractivity contribution >= 4 is 28.3 Å². The SMILES string of the molecule is CC(C)(C)C(=O)Nc1nc2c(s1)CC1C(C)(CO)C(O)CCC1(C)C2CC(=O)NC1CCCCC1. The van der Waals surface area contributed by atoms with E-state index in [1.807, 2.05) is 27.7 Å². The Balaban J connectivity index is 1.67. The van der Waals surface area contributed by atoms with Crippen LogP contribution in [0.15, 0.2) is 0 Å². The standard InChI is InChI=1S/C27H43N3O4S/c1-25(2,3)23(34)30-24-29-22-17(13-21(33)28-16-9-7-6-8-10-16)26(4)12-11-20(32)27(5,15-31)19(26)14-18(22)35-24/h16-17,19-20,31-32H,6-15H2,1-5H3,(H,28,33)(H,29,30,34). The van der Waals surface area contributed by atoms with Crippen molar-refractivity contribution in [3.05, 3.63) is 10.6 Å². The van der Waals surface area contributed by atoms with E-state index < -0.39 is 16.9 Å². The Morgan fingerprint density at radius 1 is 1.14 bits per heavy atom. The Kier molecular flexibility index (Phi) is 7.39. The average Bonchev–Trinajstić information content (AvgIpc) is 3.20. The molecule has 4 rings (SSSR count). The van der Waals surface area contributed by atoms with Gasteiger partial charge in [-0.2, -0.15) is 0 Å². The van der Waals surface area contributed by atoms with E-state index >= 15 is 0 Å². The lowest BCUT2D eigenvalue weighted by molar-refractivity contribution is -0.144. The van der Waals surface area contributed by atoms with E-state index in [2.05, 4.69) is 17.6 Å². The highest BCUT2D eigenvalue weighted by Gasteiger charge is 2.59. The first-order valence-electron chi connectivity index (χ1n) is 13.3. The zero-order valence-electron chi connectivity index (χ0n) is 21.9. The molecule has 7 nitrogen and oxygen atoms in total. The van der Waals surface area contributed by atoms with E-state index in [1.54, 1.807) is 0 Å². The van der Waals surface area contributed by atoms with Gasteiger partial charge in [0.1, 0.15) is 0 Å². The predicted molar refractivity (Wildman–Crippen MR) is 138 cm³/mol. The summed E-state index contributed by atoms with van der Waals surface area (Å²) >= 11 is 1.48. The van der Waals surface area contributed by atoms with Gasteiger partial charge >= 0.3 is 0 Å². The van der Waals surface area contributed by atoms with Crippen molar-refractivity contribution in [1.29, 1.82) is 0 Å². The third-order valence-electron chi connectivity index (χ3n) is 9.16. The van der Waals surface area contributed by atoms with Gasteiger partial charge in [0.2, 0.25) is 11.8 Å². The number of carbonyl (C=O) groups is 2. The van der Waals surface area contributed by atoms with Crippen LogP contribution in [0.1, 0.15) is 102 Å². The molecule has 0 radical (unpaired) electrons. The van der Waals surface area contributed by atoms with Crippen molar-refractivity contribution in [2.45, 2.75) is 110 Å². The van der Waals surface area contributed by atoms with Crippen LogP contribution < -0.4 is 10.6 Å². The van der Waals surface area contributed by atoms with Crippen LogP contribution >= 0.6 is 11.3 Å². The van der Waals surface area contributed by atoms with Crippen molar-refractivity contribution in [1.82, 2.24) is 10.3 Å². The third kappa shape index (κ3) is 5.03. The first-order chi connectivity index (χ1) is 16.4. The Labute approximate surface area is 213 Å². The van der Waals surface area contributed by atoms with Crippen LogP contribution in [0.3, 0.4) is 0 Å². The molecule has 3 aliphatic rings. The van der Waals surface area contributed by atoms with Crippen molar-refractivity contribution in [2.75, 3.05) is 11.9 Å². The number of nitrogens with zero attached hydrogens (tertiary/aromatic N) is 1. The first kappa shape index (κ1) is 26.6. The summed E-state index contributed by atoms with van der Waals surface area (Å²) < 4.78 is 0. The van der Waals surface area contributed by atoms with E-state index in [-0.39, 0.29) is 41.7 Å². The molecule has 0 bridgehead atoms. The second-order valence-corrected chi connectivity index (χ2v) is 13.8. The summed E-state index contributed by atoms with van der Waals surface area (Å²) in [4.78, 5) is 31.9. The van der Waals surface area contributed by atoms with Crippen LogP contribution in [0.25, 0.3) is 0 Å². The highest BCUT2D eigenvalue weighted by atomic mass is 32.1. The van der Waals surface area contributed by atoms with Crippen LogP contribution in [0.5, 0.6) is 0 Å². The molecule has 0 aromatic carbocycles. The van der Waals surface area contributed by atoms with E-state index in [9.17, 15) is 19.8 Å². The number of hydrogen-bond donors (Lipinski definition) is 4. The average molecular weight is 506 g/mol. The van der Waals surface area contributed by atoms with Crippen molar-refractivity contribution in [2.24, 2.45) is 22.2 Å². The molecule has 35 heavy (non-hydrogen) atoms. The minimum Gasteiger partial charge on any atom is -0.396 e. The quantitative estimate of drug-likeness (QED) is 0.474. The number of carbonyl (C=O) groups excluding carboxylic acids is 2. The molecule has 8 heteroatoms. The van der Waals surface area contributed by atoms with E-state index in [1.165, 1.54) is 17.8 Å². The predicted octanol–water partition coefficient (Wildman–Crippen LogP) is 4.38. The smallest absolute Gasteiger partial charge is 0.231 e. The Hall–Kier alpha value is -1.51. The summed E-state index contributed by atoms with van der Waals surface area (Å²) in [5, 5.41) is 28.2. The maximum atomic E-state index is 13.3. The van der Waals surface area contributed by atoms with Gasteiger partial charge in [-0.3, -0.25) is 9.59 Å². The number of amides is 2. The number of thiazole rings is 1. The molecule has 0 spiro atoms. The maximum Gasteiger partial charge on any atom is 0.231 e. The second kappa shape index (κ2) is 9.75. The lowest BCUT2D eigenvalue weighted by Crippen LogP contribution is -2.57. The number of aromatic nitrogens is 1. The highest BCUT2D eigenvalue weighted by Crippen LogP contribution is 2.62. The number of fused-ring (bicyclic) bond motifs is 2. The molecule has 196 valence electrons. The lowest BCUT2D eigenvalue weighted by atomic mass is 9.47. The van der Waals surface area contributed by atoms with E-state index in [0.717, 1.165) is 42.7 Å². The molecule has 2 saturated carbocycles. The van der Waals surface area contributed by atoms with Gasteiger partial charge in [-0.05, 0) is 43.4 Å². The van der Waals surface area contributed by atoms with E-state index in [0.29, 0.717) is 24.4 Å². The summed E-state index contributed by atoms with van der Waals surface area (Å²) in [5.74, 6) is -0.153. The zero-order valence-corrected chi connectivity index (χ0v) is 22.8. The summed E-state index contributed by atoms with van der Waals surface area (Å²) in [6, 6.07) is 0.246. The van der Waals surface area contributed by atoms with E-state index in [4.69, 9.17) is 4.98 Å². The molecule has 1 aromatic rings. The van der Waals surface area contributed by atoms with Crippen molar-refractivity contribution in [3.63, 3.8) is 0 Å². The second-order valence-electron chi connectivity index (χ2n) is 12.7. The molecule has 1 aromatic heterocycles. The first-order valence-corrected chi connectivity index (χ1v) is 14.1. The molecule has 0 aliphatic heterocycles. The topological polar surface area (TPSA) is 112 Å². The monoisotopic (exact) mass is 505 g/mol. The molecule has 2 amide bonds. The van der Waals surface area contributed by atoms with Crippen LogP contribution in [-0.2, 0) is 16.0 Å². The number of aliphatic hydroxyl groups is 2. The minimum absolute atomic E-state index is 0.00958. The van der Waals surface area contributed by atoms with Gasteiger partial charge in [0.05, 0.1) is 18.4 Å². The van der Waals surface area contributed by atoms with Crippen LogP contribution in [0.4, 0.5) is 5.13 Å². The Morgan fingerprint density at radius 3 is 2.46 bits per heavy atom. The molecule has 3 aliphatic carbocycles. The molecule has 5 atom stereocenters. The largest absolute Gasteiger partial charge is 0.396 e. The summed E-state index contributed by atoms with van der Waals surface area (Å²) in [7, 11) is 0. The Morgan fingerprint density at radius 2 is 1.83 bits per heavy atom. The number of rotatable bonds is 5. The maximum absolute atomic E-state index is 13.3. The number of nitrogens with one attached hydrogen (secondary N) is 2. The Bertz CT molecular complexity index is 951. The fourth-order valence-corrected chi connectivity index (χ4v) is 7.77. The van der Waals surface area contributed by atoms with Crippen molar-refractivity contribution in [3.8, 4) is 0 Å². The summed E-state index contributed by atoms with van der Waals surface area (Å²) in [6.45, 7) is 9.71. The summed E-state index contributed by atoms with van der Waals surface area (Å²) in [6.07, 6.45) is 7.44. The van der Waals surface area contributed by atoms with Gasteiger partial charge in [0, 0.05) is 34.1 Å². The zero-order chi connectivity index (χ0) is 25.6. The van der Waals surface area contributed by atoms with Gasteiger partial charge in [0.15, 0.2) is 5.13 Å². The van der Waals surface area contributed by atoms with Gasteiger partial charge < -0.3 is 20.8 Å². The van der Waals surface area contributed by atoms with Gasteiger partial charge in [0.25, 0.3) is 0 Å². The molecular weight excluding hydrogens is 462 g/mol. The van der Waals surface area contributed by atoms with Gasteiger partial charge in [-0.25, -0.2) is 4.98 Å². The molecule has 0 saturated heterocycles. The van der Waals surface area contributed by atoms with Crippen LogP contribution in [-0.4, -0.2) is 45.8 Å². The van der Waals surface area contributed by atoms with Gasteiger partial charge in [-0.15, -0.1) is 11.3 Å². The number of aliphatic hydroxyl groups excluding tert-OH is 2. The van der Waals surface area contributed by atoms with Gasteiger partial charge in [-0.1, -0.05) is 53.9 Å². The third-order valence-corrected chi connectivity index (χ3v) is 10.2. The minimum atomic E-state index is -0.651. The normalized spacial score (nSPS) is 33.5. The van der Waals surface area contributed by atoms with Crippen LogP contribution in [0.2, 0.25) is 0 Å². The molecular formula is C27H43N3O4S. The lowest BCUT2D eigenvalue weighted by Gasteiger charge is -2.58. The fraction of sp³-hybridized carbons (Fsp3) is 0.815. The molecule has 2 fully saturated rings. The summed E-state index contributed by atoms with van der Waals surface area (Å²) in [5.41, 5.74) is -0.562. The fourth-order valence-electron chi connectivity index (χ4n) is 6.70. The number of hydrogen-bond acceptors (Lipinski definition) is 6. The van der Waals surface area contributed by atoms with Crippen LogP contribution in [0, 0.1) is 22.2 Å². The van der Waals surface area contributed by atoms with Crippen molar-refractivity contribution < 1.29 is 19.8 Å².